The summed E-state index contributed by atoms with van der Waals surface area (Å²) in [5, 5.41) is 13.9. The van der Waals surface area contributed by atoms with Crippen LogP contribution in [0.3, 0.4) is 0 Å². The number of likely N-dealkylation sites (N-methyl/N-ethyl adjacent to an activating group) is 1. The molecule has 0 radical (unpaired) electrons. The van der Waals surface area contributed by atoms with Gasteiger partial charge < -0.3 is 28.8 Å². The van der Waals surface area contributed by atoms with Crippen molar-refractivity contribution in [3.05, 3.63) is 48.6 Å². The van der Waals surface area contributed by atoms with Crippen molar-refractivity contribution in [1.82, 2.24) is 5.32 Å². The van der Waals surface area contributed by atoms with E-state index in [9.17, 15) is 19.4 Å². The van der Waals surface area contributed by atoms with Gasteiger partial charge in [-0.3, -0.25) is 9.36 Å². The van der Waals surface area contributed by atoms with Crippen LogP contribution in [0.4, 0.5) is 0 Å². The van der Waals surface area contributed by atoms with E-state index in [0.717, 1.165) is 44.9 Å². The molecule has 0 aliphatic carbocycles. The second-order valence-corrected chi connectivity index (χ2v) is 27.0. The molecular formula is C72H139N2O6P. The zero-order valence-electron chi connectivity index (χ0n) is 54.8. The highest BCUT2D eigenvalue weighted by Crippen LogP contribution is 2.38. The normalized spacial score (nSPS) is 13.9. The van der Waals surface area contributed by atoms with Crippen molar-refractivity contribution >= 4 is 13.7 Å². The number of carbonyl (C=O) groups is 1. The maximum atomic E-state index is 13.0. The van der Waals surface area contributed by atoms with Gasteiger partial charge >= 0.3 is 0 Å². The summed E-state index contributed by atoms with van der Waals surface area (Å²) in [6.45, 7) is 4.65. The molecule has 1 amide bonds. The summed E-state index contributed by atoms with van der Waals surface area (Å²) in [4.78, 5) is 25.6. The molecule has 3 unspecified atom stereocenters. The van der Waals surface area contributed by atoms with Gasteiger partial charge in [0, 0.05) is 6.42 Å². The summed E-state index contributed by atoms with van der Waals surface area (Å²) in [5.74, 6) is -0.205. The summed E-state index contributed by atoms with van der Waals surface area (Å²) in [5.41, 5.74) is 0. The largest absolute Gasteiger partial charge is 0.756 e. The van der Waals surface area contributed by atoms with Crippen LogP contribution in [0, 0.1) is 0 Å². The number of phosphoric ester groups is 1. The van der Waals surface area contributed by atoms with E-state index in [-0.39, 0.29) is 12.5 Å². The number of aliphatic hydroxyl groups excluding tert-OH is 1. The summed E-state index contributed by atoms with van der Waals surface area (Å²) >= 11 is 0. The van der Waals surface area contributed by atoms with Crippen LogP contribution in [0.15, 0.2) is 48.6 Å². The van der Waals surface area contributed by atoms with E-state index in [1.54, 1.807) is 6.08 Å². The number of unbranched alkanes of at least 4 members (excludes halogenated alkanes) is 47. The molecule has 0 fully saturated rings. The molecule has 0 saturated carbocycles. The molecule has 0 saturated heterocycles. The predicted octanol–water partition coefficient (Wildman–Crippen LogP) is 22.0. The Morgan fingerprint density at radius 2 is 0.691 bits per heavy atom. The third kappa shape index (κ3) is 65.9. The average molecular weight is 1160 g/mol. The van der Waals surface area contributed by atoms with Crippen LogP contribution in [0.25, 0.3) is 0 Å². The zero-order valence-corrected chi connectivity index (χ0v) is 55.6. The van der Waals surface area contributed by atoms with Gasteiger partial charge in [0.15, 0.2) is 0 Å². The molecule has 0 aliphatic heterocycles. The van der Waals surface area contributed by atoms with E-state index < -0.39 is 26.6 Å². The van der Waals surface area contributed by atoms with Gasteiger partial charge in [-0.25, -0.2) is 0 Å². The Hall–Kier alpha value is -1.54. The van der Waals surface area contributed by atoms with E-state index >= 15 is 0 Å². The lowest BCUT2D eigenvalue weighted by atomic mass is 10.0. The van der Waals surface area contributed by atoms with Gasteiger partial charge in [0.05, 0.1) is 39.9 Å². The van der Waals surface area contributed by atoms with Gasteiger partial charge in [0.25, 0.3) is 7.82 Å². The number of allylic oxidation sites excluding steroid dienone is 7. The van der Waals surface area contributed by atoms with E-state index in [4.69, 9.17) is 9.05 Å². The first-order chi connectivity index (χ1) is 39.5. The van der Waals surface area contributed by atoms with Crippen LogP contribution in [0.5, 0.6) is 0 Å². The maximum Gasteiger partial charge on any atom is 0.268 e. The zero-order chi connectivity index (χ0) is 59.1. The molecule has 9 heteroatoms. The highest BCUT2D eigenvalue weighted by Gasteiger charge is 2.23. The second kappa shape index (κ2) is 63.0. The van der Waals surface area contributed by atoms with Crippen molar-refractivity contribution in [3.63, 3.8) is 0 Å². The molecule has 81 heavy (non-hydrogen) atoms. The Balaban J connectivity index is 3.90. The summed E-state index contributed by atoms with van der Waals surface area (Å²) < 4.78 is 23.4. The lowest BCUT2D eigenvalue weighted by molar-refractivity contribution is -0.870. The van der Waals surface area contributed by atoms with Crippen LogP contribution in [-0.4, -0.2) is 68.5 Å². The molecule has 2 N–H and O–H groups in total. The molecule has 0 bridgehead atoms. The lowest BCUT2D eigenvalue weighted by Crippen LogP contribution is -2.45. The summed E-state index contributed by atoms with van der Waals surface area (Å²) in [6, 6.07) is -0.909. The Labute approximate surface area is 505 Å². The van der Waals surface area contributed by atoms with Crippen LogP contribution >= 0.6 is 7.82 Å². The minimum absolute atomic E-state index is 0.00787. The third-order valence-corrected chi connectivity index (χ3v) is 17.2. The van der Waals surface area contributed by atoms with E-state index in [0.29, 0.717) is 17.4 Å². The Morgan fingerprint density at radius 3 is 1.00 bits per heavy atom. The minimum Gasteiger partial charge on any atom is -0.756 e. The van der Waals surface area contributed by atoms with Gasteiger partial charge in [-0.05, 0) is 70.6 Å². The number of carbonyl (C=O) groups excluding carboxylic acids is 1. The Kier molecular flexibility index (Phi) is 61.8. The Bertz CT molecular complexity index is 1460. The highest BCUT2D eigenvalue weighted by molar-refractivity contribution is 7.45. The molecule has 0 rings (SSSR count). The van der Waals surface area contributed by atoms with Crippen LogP contribution in [-0.2, 0) is 18.4 Å². The standard InChI is InChI=1S/C72H139N2O6P/c1-6-8-10-12-14-16-18-20-22-24-26-27-28-29-30-31-32-33-34-35-36-37-38-39-40-41-42-43-44-45-46-47-48-50-52-54-56-58-60-62-64-66-72(76)73-70(69-80-81(77,78)79-68-67-74(3,4)5)71(75)65-63-61-59-57-55-53-51-49-25-23-21-19-17-15-13-11-9-7-2/h24-26,49,55,57,63,65,70-71,75H,6-23,27-48,50-54,56,58-62,64,66-69H2,1-5H3,(H-,73,76,77,78)/b26-24-,49-25+,57-55+,65-63+. The molecule has 8 nitrogen and oxygen atoms in total. The SMILES string of the molecule is CCCCCCCCCC/C=C\CCCCCCCCCCCCCCCCCCCCCCCCCCCCCCCC(=O)NC(COP(=O)([O-])OCC[N+](C)(C)C)C(O)/C=C/CC/C=C/CC/C=C/CCCCCCCCCC. The quantitative estimate of drug-likeness (QED) is 0.0272. The molecular weight excluding hydrogens is 1020 g/mol. The number of phosphoric acid groups is 1. The molecule has 0 aromatic carbocycles. The fourth-order valence-electron chi connectivity index (χ4n) is 10.7. The first kappa shape index (κ1) is 79.5. The monoisotopic (exact) mass is 1160 g/mol. The number of amides is 1. The fraction of sp³-hybridized carbons (Fsp3) is 0.875. The van der Waals surface area contributed by atoms with Crippen molar-refractivity contribution in [2.45, 2.75) is 366 Å². The predicted molar refractivity (Wildman–Crippen MR) is 353 cm³/mol. The number of nitrogens with one attached hydrogen (secondary N) is 1. The molecule has 0 aliphatic rings. The molecule has 0 spiro atoms. The highest BCUT2D eigenvalue weighted by atomic mass is 31.2. The molecule has 478 valence electrons. The Morgan fingerprint density at radius 1 is 0.420 bits per heavy atom. The number of rotatable bonds is 66. The molecule has 0 aromatic rings. The van der Waals surface area contributed by atoms with Crippen LogP contribution in [0.1, 0.15) is 354 Å². The van der Waals surface area contributed by atoms with E-state index in [1.807, 2.05) is 27.2 Å². The number of aliphatic hydroxyl groups is 1. The van der Waals surface area contributed by atoms with Gasteiger partial charge in [-0.15, -0.1) is 0 Å². The summed E-state index contributed by atoms with van der Waals surface area (Å²) in [6.07, 6.45) is 85.5. The maximum absolute atomic E-state index is 13.0. The van der Waals surface area contributed by atoms with Crippen molar-refractivity contribution < 1.29 is 32.9 Å². The smallest absolute Gasteiger partial charge is 0.268 e. The van der Waals surface area contributed by atoms with Crippen LogP contribution in [0.2, 0.25) is 0 Å². The number of hydrogen-bond donors (Lipinski definition) is 2. The van der Waals surface area contributed by atoms with Gasteiger partial charge in [-0.1, -0.05) is 326 Å². The van der Waals surface area contributed by atoms with Crippen molar-refractivity contribution in [2.75, 3.05) is 40.9 Å². The number of quaternary nitrogens is 1. The van der Waals surface area contributed by atoms with Crippen molar-refractivity contribution in [2.24, 2.45) is 0 Å². The lowest BCUT2D eigenvalue weighted by Gasteiger charge is -2.29. The number of hydrogen-bond acceptors (Lipinski definition) is 6. The number of nitrogens with zero attached hydrogens (tertiary/aromatic N) is 1. The second-order valence-electron chi connectivity index (χ2n) is 25.6. The van der Waals surface area contributed by atoms with Crippen LogP contribution < -0.4 is 10.2 Å². The van der Waals surface area contributed by atoms with Gasteiger partial charge in [-0.2, -0.15) is 0 Å². The van der Waals surface area contributed by atoms with Gasteiger partial charge in [0.1, 0.15) is 13.2 Å². The minimum atomic E-state index is -4.61. The summed E-state index contributed by atoms with van der Waals surface area (Å²) in [7, 11) is 1.25. The fourth-order valence-corrected chi connectivity index (χ4v) is 11.4. The first-order valence-electron chi connectivity index (χ1n) is 35.5. The molecule has 0 heterocycles. The topological polar surface area (TPSA) is 108 Å². The van der Waals surface area contributed by atoms with E-state index in [1.165, 1.54) is 289 Å². The molecule has 0 aromatic heterocycles. The first-order valence-corrected chi connectivity index (χ1v) is 37.0. The van der Waals surface area contributed by atoms with Crippen molar-refractivity contribution in [3.8, 4) is 0 Å². The molecule has 3 atom stereocenters. The van der Waals surface area contributed by atoms with Gasteiger partial charge in [0.2, 0.25) is 5.91 Å². The van der Waals surface area contributed by atoms with Crippen molar-refractivity contribution in [1.29, 1.82) is 0 Å². The third-order valence-electron chi connectivity index (χ3n) is 16.2. The average Bonchev–Trinajstić information content (AvgIpc) is 3.43. The van der Waals surface area contributed by atoms with E-state index in [2.05, 4.69) is 55.6 Å².